The van der Waals surface area contributed by atoms with Crippen molar-refractivity contribution in [1.82, 2.24) is 4.90 Å². The predicted octanol–water partition coefficient (Wildman–Crippen LogP) is 3.37. The monoisotopic (exact) mass is 299 g/mol. The van der Waals surface area contributed by atoms with Crippen molar-refractivity contribution in [2.24, 2.45) is 5.92 Å². The van der Waals surface area contributed by atoms with Gasteiger partial charge in [-0.2, -0.15) is 0 Å². The second kappa shape index (κ2) is 10.5. The maximum absolute atomic E-state index is 11.9. The van der Waals surface area contributed by atoms with Gasteiger partial charge in [-0.25, -0.2) is 4.79 Å². The van der Waals surface area contributed by atoms with E-state index in [0.29, 0.717) is 39.1 Å². The summed E-state index contributed by atoms with van der Waals surface area (Å²) in [6.45, 7) is 6.35. The molecule has 1 aliphatic heterocycles. The number of likely N-dealkylation sites (tertiary alicyclic amines) is 1. The summed E-state index contributed by atoms with van der Waals surface area (Å²) in [7, 11) is 0. The van der Waals surface area contributed by atoms with Crippen LogP contribution >= 0.6 is 0 Å². The fourth-order valence-corrected chi connectivity index (χ4v) is 2.34. The molecule has 0 bridgehead atoms. The van der Waals surface area contributed by atoms with Gasteiger partial charge in [0.05, 0.1) is 19.1 Å². The number of rotatable bonds is 8. The molecule has 0 atom stereocenters. The Labute approximate surface area is 128 Å². The lowest BCUT2D eigenvalue weighted by molar-refractivity contribution is -0.150. The average Bonchev–Trinajstić information content (AvgIpc) is 2.51. The first-order chi connectivity index (χ1) is 10.2. The zero-order valence-electron chi connectivity index (χ0n) is 13.4. The molecule has 0 aliphatic carbocycles. The summed E-state index contributed by atoms with van der Waals surface area (Å²) < 4.78 is 10.5. The van der Waals surface area contributed by atoms with Crippen molar-refractivity contribution in [3.8, 4) is 0 Å². The molecular weight excluding hydrogens is 270 g/mol. The van der Waals surface area contributed by atoms with E-state index in [9.17, 15) is 9.59 Å². The van der Waals surface area contributed by atoms with Gasteiger partial charge in [0.25, 0.3) is 0 Å². The number of piperidine rings is 1. The first-order valence-corrected chi connectivity index (χ1v) is 8.27. The van der Waals surface area contributed by atoms with Crippen LogP contribution in [0.3, 0.4) is 0 Å². The molecule has 21 heavy (non-hydrogen) atoms. The third-order valence-electron chi connectivity index (χ3n) is 3.80. The lowest BCUT2D eigenvalue weighted by Gasteiger charge is -2.30. The Kier molecular flexibility index (Phi) is 8.87. The molecule has 5 nitrogen and oxygen atoms in total. The zero-order chi connectivity index (χ0) is 15.5. The quantitative estimate of drug-likeness (QED) is 0.509. The highest BCUT2D eigenvalue weighted by atomic mass is 16.6. The number of carbonyl (C=O) groups excluding carboxylic acids is 2. The Morgan fingerprint density at radius 1 is 0.952 bits per heavy atom. The fourth-order valence-electron chi connectivity index (χ4n) is 2.34. The van der Waals surface area contributed by atoms with E-state index in [1.54, 1.807) is 4.90 Å². The van der Waals surface area contributed by atoms with E-state index in [4.69, 9.17) is 9.47 Å². The largest absolute Gasteiger partial charge is 0.465 e. The smallest absolute Gasteiger partial charge is 0.409 e. The molecule has 1 saturated heterocycles. The number of hydrogen-bond acceptors (Lipinski definition) is 4. The van der Waals surface area contributed by atoms with E-state index in [2.05, 4.69) is 13.8 Å². The fraction of sp³-hybridized carbons (Fsp3) is 0.875. The minimum absolute atomic E-state index is 0.0636. The molecule has 0 spiro atoms. The lowest BCUT2D eigenvalue weighted by atomic mass is 9.97. The van der Waals surface area contributed by atoms with Crippen LogP contribution < -0.4 is 0 Å². The third-order valence-corrected chi connectivity index (χ3v) is 3.80. The van der Waals surface area contributed by atoms with Crippen LogP contribution in [0.25, 0.3) is 0 Å². The molecule has 0 N–H and O–H groups in total. The lowest BCUT2D eigenvalue weighted by Crippen LogP contribution is -2.41. The summed E-state index contributed by atoms with van der Waals surface area (Å²) in [4.78, 5) is 25.4. The Morgan fingerprint density at radius 3 is 2.19 bits per heavy atom. The van der Waals surface area contributed by atoms with Crippen LogP contribution in [0.15, 0.2) is 0 Å². The molecule has 1 fully saturated rings. The van der Waals surface area contributed by atoms with Crippen LogP contribution in [0.2, 0.25) is 0 Å². The number of amides is 1. The van der Waals surface area contributed by atoms with Gasteiger partial charge >= 0.3 is 12.1 Å². The molecule has 1 aliphatic rings. The summed E-state index contributed by atoms with van der Waals surface area (Å²) in [6.07, 6.45) is 6.16. The maximum Gasteiger partial charge on any atom is 0.409 e. The SMILES string of the molecule is CCCCCOC(=O)C1CCN(C(=O)OCCCC)CC1. The highest BCUT2D eigenvalue weighted by molar-refractivity contribution is 5.73. The van der Waals surface area contributed by atoms with E-state index in [-0.39, 0.29) is 18.0 Å². The molecule has 0 radical (unpaired) electrons. The van der Waals surface area contributed by atoms with E-state index in [1.807, 2.05) is 0 Å². The molecule has 122 valence electrons. The summed E-state index contributed by atoms with van der Waals surface area (Å²) in [5, 5.41) is 0. The average molecular weight is 299 g/mol. The topological polar surface area (TPSA) is 55.8 Å². The van der Waals surface area contributed by atoms with E-state index in [1.165, 1.54) is 0 Å². The van der Waals surface area contributed by atoms with Crippen molar-refractivity contribution < 1.29 is 19.1 Å². The molecule has 1 rings (SSSR count). The second-order valence-electron chi connectivity index (χ2n) is 5.60. The normalized spacial score (nSPS) is 15.8. The van der Waals surface area contributed by atoms with Crippen molar-refractivity contribution in [1.29, 1.82) is 0 Å². The maximum atomic E-state index is 11.9. The van der Waals surface area contributed by atoms with Crippen LogP contribution in [0.1, 0.15) is 58.8 Å². The van der Waals surface area contributed by atoms with Gasteiger partial charge in [0.1, 0.15) is 0 Å². The molecule has 0 saturated carbocycles. The van der Waals surface area contributed by atoms with Crippen LogP contribution in [-0.2, 0) is 14.3 Å². The van der Waals surface area contributed by atoms with Crippen molar-refractivity contribution in [3.05, 3.63) is 0 Å². The minimum Gasteiger partial charge on any atom is -0.465 e. The summed E-state index contributed by atoms with van der Waals surface area (Å²) in [5.74, 6) is -0.170. The van der Waals surface area contributed by atoms with Crippen molar-refractivity contribution in [3.63, 3.8) is 0 Å². The minimum atomic E-state index is -0.252. The van der Waals surface area contributed by atoms with E-state index >= 15 is 0 Å². The van der Waals surface area contributed by atoms with Crippen LogP contribution in [0.4, 0.5) is 4.79 Å². The zero-order valence-corrected chi connectivity index (χ0v) is 13.4. The standard InChI is InChI=1S/C16H29NO4/c1-3-5-7-13-20-15(18)14-8-10-17(11-9-14)16(19)21-12-6-4-2/h14H,3-13H2,1-2H3. The van der Waals surface area contributed by atoms with E-state index < -0.39 is 0 Å². The van der Waals surface area contributed by atoms with Gasteiger partial charge in [0.2, 0.25) is 0 Å². The molecule has 1 heterocycles. The second-order valence-corrected chi connectivity index (χ2v) is 5.60. The molecule has 0 unspecified atom stereocenters. The number of esters is 1. The molecule has 1 amide bonds. The van der Waals surface area contributed by atoms with Gasteiger partial charge in [-0.1, -0.05) is 33.1 Å². The first-order valence-electron chi connectivity index (χ1n) is 8.27. The van der Waals surface area contributed by atoms with Crippen molar-refractivity contribution in [2.45, 2.75) is 58.8 Å². The van der Waals surface area contributed by atoms with E-state index in [0.717, 1.165) is 32.1 Å². The number of ether oxygens (including phenoxy) is 2. The molecule has 5 heteroatoms. The number of carbonyl (C=O) groups is 2. The van der Waals surface area contributed by atoms with Gasteiger partial charge in [-0.3, -0.25) is 4.79 Å². The number of nitrogens with zero attached hydrogens (tertiary/aromatic N) is 1. The Bertz CT molecular complexity index is 311. The summed E-state index contributed by atoms with van der Waals surface area (Å²) >= 11 is 0. The van der Waals surface area contributed by atoms with Crippen LogP contribution in [-0.4, -0.2) is 43.3 Å². The van der Waals surface area contributed by atoms with Crippen LogP contribution in [0.5, 0.6) is 0 Å². The number of unbranched alkanes of at least 4 members (excludes halogenated alkanes) is 3. The highest BCUT2D eigenvalue weighted by Gasteiger charge is 2.28. The third kappa shape index (κ3) is 6.82. The molecule has 0 aromatic heterocycles. The number of hydrogen-bond donors (Lipinski definition) is 0. The van der Waals surface area contributed by atoms with Gasteiger partial charge in [-0.15, -0.1) is 0 Å². The van der Waals surface area contributed by atoms with Crippen LogP contribution in [0, 0.1) is 5.92 Å². The highest BCUT2D eigenvalue weighted by Crippen LogP contribution is 2.19. The van der Waals surface area contributed by atoms with Gasteiger partial charge in [-0.05, 0) is 25.7 Å². The predicted molar refractivity (Wildman–Crippen MR) is 81.0 cm³/mol. The first kappa shape index (κ1) is 17.8. The van der Waals surface area contributed by atoms with Gasteiger partial charge in [0.15, 0.2) is 0 Å². The van der Waals surface area contributed by atoms with Gasteiger partial charge < -0.3 is 14.4 Å². The summed E-state index contributed by atoms with van der Waals surface area (Å²) in [5.41, 5.74) is 0. The Balaban J connectivity index is 2.18. The van der Waals surface area contributed by atoms with Crippen molar-refractivity contribution in [2.75, 3.05) is 26.3 Å². The van der Waals surface area contributed by atoms with Gasteiger partial charge in [0, 0.05) is 13.1 Å². The molecular formula is C16H29NO4. The summed E-state index contributed by atoms with van der Waals surface area (Å²) in [6, 6.07) is 0. The Morgan fingerprint density at radius 2 is 1.57 bits per heavy atom. The molecule has 0 aromatic rings. The molecule has 0 aromatic carbocycles. The Hall–Kier alpha value is -1.26. The van der Waals surface area contributed by atoms with Crippen molar-refractivity contribution >= 4 is 12.1 Å².